The van der Waals surface area contributed by atoms with E-state index in [4.69, 9.17) is 0 Å². The van der Waals surface area contributed by atoms with Crippen LogP contribution in [0.3, 0.4) is 0 Å². The van der Waals surface area contributed by atoms with Gasteiger partial charge in [-0.1, -0.05) is 18.2 Å². The van der Waals surface area contributed by atoms with Crippen LogP contribution in [0.2, 0.25) is 0 Å². The van der Waals surface area contributed by atoms with E-state index in [1.54, 1.807) is 24.3 Å². The lowest BCUT2D eigenvalue weighted by Crippen LogP contribution is -2.59. The number of anilines is 1. The SMILES string of the molecule is [NH3+]C(NN=O)c1cccc(NC(=O)c2cccc(F)c2)c1. The largest absolute Gasteiger partial charge is 0.333 e. The Balaban J connectivity index is 2.14. The summed E-state index contributed by atoms with van der Waals surface area (Å²) < 4.78 is 13.1. The molecule has 1 unspecified atom stereocenters. The highest BCUT2D eigenvalue weighted by Gasteiger charge is 2.11. The maximum Gasteiger partial charge on any atom is 0.255 e. The summed E-state index contributed by atoms with van der Waals surface area (Å²) in [5, 5.41) is 5.22. The van der Waals surface area contributed by atoms with Gasteiger partial charge in [-0.05, 0) is 30.3 Å². The van der Waals surface area contributed by atoms with Gasteiger partial charge >= 0.3 is 0 Å². The van der Waals surface area contributed by atoms with Crippen LogP contribution in [0.5, 0.6) is 0 Å². The van der Waals surface area contributed by atoms with Crippen molar-refractivity contribution in [3.63, 3.8) is 0 Å². The number of halogens is 1. The van der Waals surface area contributed by atoms with Crippen molar-refractivity contribution in [2.45, 2.75) is 6.17 Å². The third kappa shape index (κ3) is 3.83. The van der Waals surface area contributed by atoms with E-state index in [0.717, 1.165) is 6.07 Å². The van der Waals surface area contributed by atoms with Gasteiger partial charge in [0.05, 0.1) is 5.29 Å². The highest BCUT2D eigenvalue weighted by molar-refractivity contribution is 6.04. The molecule has 0 radical (unpaired) electrons. The first-order chi connectivity index (χ1) is 10.1. The summed E-state index contributed by atoms with van der Waals surface area (Å²) in [5.74, 6) is -0.899. The minimum atomic E-state index is -0.520. The molecule has 2 rings (SSSR count). The maximum atomic E-state index is 13.1. The highest BCUT2D eigenvalue weighted by atomic mass is 19.1. The van der Waals surface area contributed by atoms with Gasteiger partial charge < -0.3 is 11.1 Å². The number of benzene rings is 2. The van der Waals surface area contributed by atoms with Crippen LogP contribution in [0.15, 0.2) is 53.8 Å². The molecule has 0 aliphatic heterocycles. The van der Waals surface area contributed by atoms with Gasteiger partial charge in [0.15, 0.2) is 0 Å². The molecule has 7 heteroatoms. The van der Waals surface area contributed by atoms with E-state index in [9.17, 15) is 14.1 Å². The zero-order valence-corrected chi connectivity index (χ0v) is 11.0. The molecule has 2 aromatic rings. The molecule has 5 N–H and O–H groups in total. The van der Waals surface area contributed by atoms with Crippen LogP contribution in [0.4, 0.5) is 10.1 Å². The Bertz CT molecular complexity index is 663. The molecule has 1 amide bonds. The molecule has 0 spiro atoms. The second kappa shape index (κ2) is 6.58. The lowest BCUT2D eigenvalue weighted by Gasteiger charge is -2.09. The van der Waals surface area contributed by atoms with Crippen LogP contribution >= 0.6 is 0 Å². The minimum Gasteiger partial charge on any atom is -0.333 e. The summed E-state index contributed by atoms with van der Waals surface area (Å²) in [5.41, 5.74) is 7.42. The van der Waals surface area contributed by atoms with Crippen LogP contribution in [0.1, 0.15) is 22.1 Å². The normalized spacial score (nSPS) is 11.5. The molecule has 0 aromatic heterocycles. The van der Waals surface area contributed by atoms with E-state index in [2.05, 4.69) is 21.8 Å². The van der Waals surface area contributed by atoms with E-state index in [0.29, 0.717) is 11.3 Å². The molecule has 0 bridgehead atoms. The number of nitroso groups, excluding NO2 is 1. The molecule has 0 aliphatic rings. The van der Waals surface area contributed by atoms with Crippen LogP contribution in [-0.4, -0.2) is 5.91 Å². The van der Waals surface area contributed by atoms with Crippen LogP contribution in [0, 0.1) is 10.7 Å². The van der Waals surface area contributed by atoms with E-state index in [1.807, 2.05) is 0 Å². The van der Waals surface area contributed by atoms with Gasteiger partial charge in [-0.2, -0.15) is 0 Å². The first kappa shape index (κ1) is 14.6. The Morgan fingerprint density at radius 2 is 1.95 bits per heavy atom. The fourth-order valence-corrected chi connectivity index (χ4v) is 1.80. The molecular weight excluding hydrogens is 275 g/mol. The summed E-state index contributed by atoms with van der Waals surface area (Å²) in [6.07, 6.45) is -0.520. The van der Waals surface area contributed by atoms with Crippen LogP contribution < -0.4 is 16.5 Å². The number of hydrogen-bond acceptors (Lipinski definition) is 3. The number of amides is 1. The van der Waals surface area contributed by atoms with Gasteiger partial charge in [0.25, 0.3) is 5.91 Å². The number of nitrogens with one attached hydrogen (secondary N) is 2. The number of rotatable bonds is 5. The van der Waals surface area contributed by atoms with Gasteiger partial charge in [0.1, 0.15) is 5.82 Å². The second-order valence-electron chi connectivity index (χ2n) is 4.36. The zero-order chi connectivity index (χ0) is 15.2. The summed E-state index contributed by atoms with van der Waals surface area (Å²) in [7, 11) is 0. The molecule has 0 aliphatic carbocycles. The third-order valence-corrected chi connectivity index (χ3v) is 2.84. The molecule has 108 valence electrons. The monoisotopic (exact) mass is 289 g/mol. The van der Waals surface area contributed by atoms with Crippen molar-refractivity contribution in [1.82, 2.24) is 5.43 Å². The molecule has 2 aromatic carbocycles. The summed E-state index contributed by atoms with van der Waals surface area (Å²) in [6, 6.07) is 12.2. The molecule has 21 heavy (non-hydrogen) atoms. The average molecular weight is 289 g/mol. The van der Waals surface area contributed by atoms with Gasteiger partial charge in [-0.15, -0.1) is 4.91 Å². The lowest BCUT2D eigenvalue weighted by atomic mass is 10.1. The lowest BCUT2D eigenvalue weighted by molar-refractivity contribution is -0.436. The molecule has 0 heterocycles. The number of hydrogen-bond donors (Lipinski definition) is 3. The van der Waals surface area contributed by atoms with Gasteiger partial charge in [-0.3, -0.25) is 4.79 Å². The van der Waals surface area contributed by atoms with Gasteiger partial charge in [-0.25, -0.2) is 9.82 Å². The van der Waals surface area contributed by atoms with Crippen molar-refractivity contribution in [3.8, 4) is 0 Å². The third-order valence-electron chi connectivity index (χ3n) is 2.84. The van der Waals surface area contributed by atoms with E-state index in [1.165, 1.54) is 18.2 Å². The molecule has 0 fully saturated rings. The second-order valence-corrected chi connectivity index (χ2v) is 4.36. The first-order valence-electron chi connectivity index (χ1n) is 6.18. The fraction of sp³-hybridized carbons (Fsp3) is 0.0714. The molecule has 0 saturated heterocycles. The van der Waals surface area contributed by atoms with Gasteiger partial charge in [0, 0.05) is 16.8 Å². The predicted molar refractivity (Wildman–Crippen MR) is 75.4 cm³/mol. The first-order valence-corrected chi connectivity index (χ1v) is 6.18. The van der Waals surface area contributed by atoms with Crippen molar-refractivity contribution in [2.24, 2.45) is 5.29 Å². The summed E-state index contributed by atoms with van der Waals surface area (Å²) in [6.45, 7) is 0. The molecule has 1 atom stereocenters. The Hall–Kier alpha value is -2.80. The standard InChI is InChI=1S/C14H13FN4O2/c15-11-5-1-4-10(7-11)14(20)17-12-6-2-3-9(8-12)13(16)18-19-21/h1-8,13H,16H2,(H,17,20)(H,18,21)/p+1. The quantitative estimate of drug-likeness (QED) is 0.443. The number of quaternary nitrogens is 1. The number of carbonyl (C=O) groups is 1. The number of carbonyl (C=O) groups excluding carboxylic acids is 1. The smallest absolute Gasteiger partial charge is 0.255 e. The topological polar surface area (TPSA) is 98.2 Å². The Morgan fingerprint density at radius 1 is 1.19 bits per heavy atom. The van der Waals surface area contributed by atoms with Crippen LogP contribution in [-0.2, 0) is 0 Å². The van der Waals surface area contributed by atoms with E-state index in [-0.39, 0.29) is 5.56 Å². The van der Waals surface area contributed by atoms with Crippen molar-refractivity contribution < 1.29 is 14.9 Å². The number of nitrogens with zero attached hydrogens (tertiary/aromatic N) is 1. The predicted octanol–water partition coefficient (Wildman–Crippen LogP) is 1.59. The van der Waals surface area contributed by atoms with Crippen LogP contribution in [0.25, 0.3) is 0 Å². The van der Waals surface area contributed by atoms with Gasteiger partial charge in [0.2, 0.25) is 6.17 Å². The average Bonchev–Trinajstić information content (AvgIpc) is 2.48. The maximum absolute atomic E-state index is 13.1. The fourth-order valence-electron chi connectivity index (χ4n) is 1.80. The molecular formula is C14H14FN4O2+. The van der Waals surface area contributed by atoms with Crippen molar-refractivity contribution in [2.75, 3.05) is 5.32 Å². The van der Waals surface area contributed by atoms with E-state index >= 15 is 0 Å². The van der Waals surface area contributed by atoms with Crippen molar-refractivity contribution in [3.05, 3.63) is 70.4 Å². The molecule has 6 nitrogen and oxygen atoms in total. The van der Waals surface area contributed by atoms with Crippen molar-refractivity contribution in [1.29, 1.82) is 0 Å². The van der Waals surface area contributed by atoms with Crippen molar-refractivity contribution >= 4 is 11.6 Å². The summed E-state index contributed by atoms with van der Waals surface area (Å²) >= 11 is 0. The highest BCUT2D eigenvalue weighted by Crippen LogP contribution is 2.15. The Labute approximate surface area is 120 Å². The van der Waals surface area contributed by atoms with E-state index < -0.39 is 17.9 Å². The summed E-state index contributed by atoms with van der Waals surface area (Å²) in [4.78, 5) is 22.2. The Morgan fingerprint density at radius 3 is 2.67 bits per heavy atom. The minimum absolute atomic E-state index is 0.222. The Kier molecular flexibility index (Phi) is 4.57. The molecule has 0 saturated carbocycles. The zero-order valence-electron chi connectivity index (χ0n) is 11.0.